The summed E-state index contributed by atoms with van der Waals surface area (Å²) in [5, 5.41) is 19.9. The summed E-state index contributed by atoms with van der Waals surface area (Å²) in [7, 11) is 0. The van der Waals surface area contributed by atoms with Crippen molar-refractivity contribution in [2.75, 3.05) is 12.3 Å². The topological polar surface area (TPSA) is 137 Å². The number of amides is 3. The van der Waals surface area contributed by atoms with Crippen LogP contribution in [-0.2, 0) is 19.2 Å². The van der Waals surface area contributed by atoms with Crippen LogP contribution in [0.2, 0.25) is 0 Å². The molecule has 9 nitrogen and oxygen atoms in total. The second kappa shape index (κ2) is 11.1. The van der Waals surface area contributed by atoms with E-state index in [1.54, 1.807) is 6.92 Å². The van der Waals surface area contributed by atoms with Gasteiger partial charge in [-0.25, -0.2) is 4.79 Å². The number of carbonyl (C=O) groups is 4. The molecule has 5 unspecified atom stereocenters. The van der Waals surface area contributed by atoms with Crippen molar-refractivity contribution in [2.45, 2.75) is 64.2 Å². The van der Waals surface area contributed by atoms with Gasteiger partial charge in [0.1, 0.15) is 18.1 Å². The number of hydrogen-bond donors (Lipinski definition) is 6. The van der Waals surface area contributed by atoms with Crippen molar-refractivity contribution in [3.8, 4) is 0 Å². The van der Waals surface area contributed by atoms with Gasteiger partial charge in [-0.2, -0.15) is 12.6 Å². The smallest absolute Gasteiger partial charge is 0.326 e. The first kappa shape index (κ1) is 23.2. The first-order chi connectivity index (χ1) is 12.7. The lowest BCUT2D eigenvalue weighted by Crippen LogP contribution is -2.57. The Bertz CT molecular complexity index is 553. The lowest BCUT2D eigenvalue weighted by molar-refractivity contribution is -0.143. The molecule has 5 atom stereocenters. The summed E-state index contributed by atoms with van der Waals surface area (Å²) in [4.78, 5) is 48.1. The predicted octanol–water partition coefficient (Wildman–Crippen LogP) is -0.727. The van der Waals surface area contributed by atoms with Crippen LogP contribution in [0.25, 0.3) is 0 Å². The number of nitrogens with one attached hydrogen (secondary N) is 4. The summed E-state index contributed by atoms with van der Waals surface area (Å²) in [5.41, 5.74) is 0. The van der Waals surface area contributed by atoms with Gasteiger partial charge in [-0.3, -0.25) is 14.4 Å². The molecule has 1 saturated heterocycles. The number of carboxylic acid groups (broad SMARTS) is 1. The van der Waals surface area contributed by atoms with Crippen molar-refractivity contribution in [2.24, 2.45) is 5.92 Å². The fraction of sp³-hybridized carbons (Fsp3) is 0.765. The zero-order chi connectivity index (χ0) is 20.6. The minimum absolute atomic E-state index is 0.00470. The molecule has 0 aromatic carbocycles. The molecular formula is C17H30N4O5S. The highest BCUT2D eigenvalue weighted by atomic mass is 32.1. The third-order valence-electron chi connectivity index (χ3n) is 4.72. The van der Waals surface area contributed by atoms with Gasteiger partial charge in [-0.15, -0.1) is 0 Å². The van der Waals surface area contributed by atoms with E-state index in [0.717, 1.165) is 13.0 Å². The number of rotatable bonds is 10. The Morgan fingerprint density at radius 1 is 1.15 bits per heavy atom. The molecule has 1 aliphatic rings. The molecule has 3 amide bonds. The van der Waals surface area contributed by atoms with Crippen LogP contribution in [0.3, 0.4) is 0 Å². The van der Waals surface area contributed by atoms with E-state index < -0.39 is 35.9 Å². The van der Waals surface area contributed by atoms with Crippen molar-refractivity contribution in [3.05, 3.63) is 0 Å². The summed E-state index contributed by atoms with van der Waals surface area (Å²) in [6.45, 7) is 5.84. The van der Waals surface area contributed by atoms with Crippen molar-refractivity contribution in [1.82, 2.24) is 21.3 Å². The molecule has 0 radical (unpaired) electrons. The van der Waals surface area contributed by atoms with Gasteiger partial charge in [0.05, 0.1) is 6.04 Å². The number of carboxylic acids is 1. The second-order valence-corrected chi connectivity index (χ2v) is 7.20. The van der Waals surface area contributed by atoms with E-state index in [4.69, 9.17) is 0 Å². The average Bonchev–Trinajstić information content (AvgIpc) is 3.17. The number of thiol groups is 1. The summed E-state index contributed by atoms with van der Waals surface area (Å²) in [5.74, 6) is -2.82. The highest BCUT2D eigenvalue weighted by Gasteiger charge is 2.30. The fourth-order valence-electron chi connectivity index (χ4n) is 2.72. The van der Waals surface area contributed by atoms with E-state index in [1.165, 1.54) is 6.92 Å². The summed E-state index contributed by atoms with van der Waals surface area (Å²) < 4.78 is 0. The minimum atomic E-state index is -1.13. The van der Waals surface area contributed by atoms with Gasteiger partial charge in [0, 0.05) is 5.75 Å². The van der Waals surface area contributed by atoms with Gasteiger partial charge in [-0.1, -0.05) is 20.3 Å². The molecule has 1 fully saturated rings. The third-order valence-corrected chi connectivity index (χ3v) is 5.09. The quantitative estimate of drug-likeness (QED) is 0.267. The van der Waals surface area contributed by atoms with Gasteiger partial charge in [0.2, 0.25) is 17.7 Å². The number of aliphatic carboxylic acids is 1. The molecule has 0 aromatic heterocycles. The third kappa shape index (κ3) is 7.02. The maximum Gasteiger partial charge on any atom is 0.326 e. The predicted molar refractivity (Wildman–Crippen MR) is 103 cm³/mol. The molecule has 1 rings (SSSR count). The maximum absolute atomic E-state index is 12.4. The Morgan fingerprint density at radius 2 is 1.81 bits per heavy atom. The number of hydrogen-bond acceptors (Lipinski definition) is 6. The highest BCUT2D eigenvalue weighted by Crippen LogP contribution is 2.09. The van der Waals surface area contributed by atoms with Crippen molar-refractivity contribution in [1.29, 1.82) is 0 Å². The molecular weight excluding hydrogens is 372 g/mol. The molecule has 5 N–H and O–H groups in total. The maximum atomic E-state index is 12.4. The zero-order valence-corrected chi connectivity index (χ0v) is 16.8. The van der Waals surface area contributed by atoms with Gasteiger partial charge >= 0.3 is 5.97 Å². The Labute approximate surface area is 164 Å². The van der Waals surface area contributed by atoms with Crippen molar-refractivity contribution >= 4 is 36.3 Å². The highest BCUT2D eigenvalue weighted by molar-refractivity contribution is 7.80. The normalized spacial score (nSPS) is 20.8. The molecule has 1 aliphatic heterocycles. The van der Waals surface area contributed by atoms with E-state index in [9.17, 15) is 24.3 Å². The first-order valence-electron chi connectivity index (χ1n) is 9.19. The molecule has 27 heavy (non-hydrogen) atoms. The van der Waals surface area contributed by atoms with Crippen LogP contribution in [0.1, 0.15) is 40.0 Å². The van der Waals surface area contributed by atoms with Crippen LogP contribution in [0.15, 0.2) is 0 Å². The SMILES string of the molecule is CCC(C)C(NC(=O)C(CS)NC(=O)C(C)NC(=O)C1CCCN1)C(=O)O. The lowest BCUT2D eigenvalue weighted by atomic mass is 9.99. The van der Waals surface area contributed by atoms with Crippen LogP contribution in [0.4, 0.5) is 0 Å². The minimum Gasteiger partial charge on any atom is -0.480 e. The number of carbonyl (C=O) groups excluding carboxylic acids is 3. The molecule has 0 saturated carbocycles. The molecule has 0 spiro atoms. The zero-order valence-electron chi connectivity index (χ0n) is 15.9. The lowest BCUT2D eigenvalue weighted by Gasteiger charge is -2.24. The summed E-state index contributed by atoms with van der Waals surface area (Å²) >= 11 is 4.07. The van der Waals surface area contributed by atoms with Crippen LogP contribution < -0.4 is 21.3 Å². The van der Waals surface area contributed by atoms with E-state index in [0.29, 0.717) is 12.8 Å². The van der Waals surface area contributed by atoms with Gasteiger partial charge < -0.3 is 26.4 Å². The van der Waals surface area contributed by atoms with Gasteiger partial charge in [-0.05, 0) is 32.2 Å². The van der Waals surface area contributed by atoms with E-state index in [1.807, 2.05) is 6.92 Å². The summed E-state index contributed by atoms with van der Waals surface area (Å²) in [6, 6.07) is -3.20. The fourth-order valence-corrected chi connectivity index (χ4v) is 2.97. The summed E-state index contributed by atoms with van der Waals surface area (Å²) in [6.07, 6.45) is 2.20. The Morgan fingerprint density at radius 3 is 2.30 bits per heavy atom. The van der Waals surface area contributed by atoms with Gasteiger partial charge in [0.25, 0.3) is 0 Å². The average molecular weight is 403 g/mol. The first-order valence-corrected chi connectivity index (χ1v) is 9.82. The largest absolute Gasteiger partial charge is 0.480 e. The molecule has 0 aromatic rings. The van der Waals surface area contributed by atoms with Crippen LogP contribution in [-0.4, -0.2) is 65.3 Å². The monoisotopic (exact) mass is 402 g/mol. The molecule has 10 heteroatoms. The van der Waals surface area contributed by atoms with E-state index in [-0.39, 0.29) is 23.6 Å². The van der Waals surface area contributed by atoms with Crippen molar-refractivity contribution < 1.29 is 24.3 Å². The molecule has 1 heterocycles. The van der Waals surface area contributed by atoms with Crippen LogP contribution in [0, 0.1) is 5.92 Å². The molecule has 0 bridgehead atoms. The Kier molecular flexibility index (Phi) is 9.57. The molecule has 0 aliphatic carbocycles. The second-order valence-electron chi connectivity index (χ2n) is 6.83. The Hall–Kier alpha value is -1.81. The van der Waals surface area contributed by atoms with Crippen LogP contribution >= 0.6 is 12.6 Å². The van der Waals surface area contributed by atoms with Crippen LogP contribution in [0.5, 0.6) is 0 Å². The standard InChI is InChI=1S/C17H30N4O5S/c1-4-9(2)13(17(25)26)21-16(24)12(8-27)20-14(22)10(3)19-15(23)11-6-5-7-18-11/h9-13,18,27H,4-8H2,1-3H3,(H,19,23)(H,20,22)(H,21,24)(H,25,26). The van der Waals surface area contributed by atoms with E-state index >= 15 is 0 Å². The molecule has 154 valence electrons. The Balaban J connectivity index is 2.61. The van der Waals surface area contributed by atoms with Crippen molar-refractivity contribution in [3.63, 3.8) is 0 Å². The van der Waals surface area contributed by atoms with Gasteiger partial charge in [0.15, 0.2) is 0 Å². The van der Waals surface area contributed by atoms with E-state index in [2.05, 4.69) is 33.9 Å².